The van der Waals surface area contributed by atoms with Gasteiger partial charge in [0.1, 0.15) is 5.71 Å². The van der Waals surface area contributed by atoms with Crippen LogP contribution in [0.25, 0.3) is 0 Å². The summed E-state index contributed by atoms with van der Waals surface area (Å²) in [6.07, 6.45) is 2.00. The molecule has 1 spiro atoms. The lowest BCUT2D eigenvalue weighted by Gasteiger charge is -2.38. The normalized spacial score (nSPS) is 21.5. The van der Waals surface area contributed by atoms with Crippen molar-refractivity contribution in [3.8, 4) is 0 Å². The molecule has 2 aliphatic heterocycles. The topological polar surface area (TPSA) is 71.0 Å². The van der Waals surface area contributed by atoms with Gasteiger partial charge in [0.2, 0.25) is 0 Å². The molecular weight excluding hydrogens is 342 g/mol. The Kier molecular flexibility index (Phi) is 4.62. The predicted molar refractivity (Wildman–Crippen MR) is 103 cm³/mol. The van der Waals surface area contributed by atoms with E-state index < -0.39 is 5.60 Å². The molecule has 2 amide bonds. The summed E-state index contributed by atoms with van der Waals surface area (Å²) in [6.45, 7) is 1.12. The number of para-hydroxylation sites is 1. The Morgan fingerprint density at radius 1 is 1.04 bits per heavy atom. The summed E-state index contributed by atoms with van der Waals surface area (Å²) in [7, 11) is 0. The van der Waals surface area contributed by atoms with Crippen molar-refractivity contribution in [2.24, 2.45) is 5.16 Å². The van der Waals surface area contributed by atoms with E-state index in [0.717, 1.165) is 18.5 Å². The Morgan fingerprint density at radius 2 is 1.74 bits per heavy atom. The van der Waals surface area contributed by atoms with Gasteiger partial charge in [-0.1, -0.05) is 41.6 Å². The van der Waals surface area contributed by atoms with Gasteiger partial charge in [0, 0.05) is 24.2 Å². The number of carbonyl (C=O) groups is 2. The van der Waals surface area contributed by atoms with Crippen molar-refractivity contribution >= 4 is 23.2 Å². The summed E-state index contributed by atoms with van der Waals surface area (Å²) < 4.78 is 0. The van der Waals surface area contributed by atoms with Gasteiger partial charge in [0.05, 0.1) is 6.54 Å². The Bertz CT molecular complexity index is 867. The number of carbonyl (C=O) groups excluding carboxylic acids is 2. The van der Waals surface area contributed by atoms with E-state index >= 15 is 0 Å². The molecule has 2 aromatic rings. The van der Waals surface area contributed by atoms with Crippen molar-refractivity contribution in [3.05, 3.63) is 66.2 Å². The van der Waals surface area contributed by atoms with Crippen LogP contribution in [-0.2, 0) is 9.63 Å². The Morgan fingerprint density at radius 3 is 2.48 bits per heavy atom. The van der Waals surface area contributed by atoms with Gasteiger partial charge in [0.15, 0.2) is 5.60 Å². The molecule has 4 rings (SSSR count). The summed E-state index contributed by atoms with van der Waals surface area (Å²) in [5, 5.41) is 6.88. The van der Waals surface area contributed by atoms with Crippen LogP contribution in [0.3, 0.4) is 0 Å². The zero-order valence-corrected chi connectivity index (χ0v) is 14.9. The molecule has 27 heavy (non-hydrogen) atoms. The van der Waals surface area contributed by atoms with Gasteiger partial charge in [-0.15, -0.1) is 0 Å². The van der Waals surface area contributed by atoms with Crippen LogP contribution in [0.2, 0.25) is 0 Å². The smallest absolute Gasteiger partial charge is 0.273 e. The standard InChI is InChI=1S/C21H21N3O3/c25-19(22-17-10-5-2-6-11-17)18-14-21(27-23-18)12-7-13-24(15-21)20(26)16-8-3-1-4-9-16/h1-6,8-11H,7,12-15H2,(H,22,25)/t21-/m0/s1. The first-order valence-electron chi connectivity index (χ1n) is 9.11. The van der Waals surface area contributed by atoms with Crippen LogP contribution in [0.15, 0.2) is 65.8 Å². The molecule has 138 valence electrons. The molecular formula is C21H21N3O3. The van der Waals surface area contributed by atoms with Gasteiger partial charge in [-0.25, -0.2) is 0 Å². The molecule has 6 nitrogen and oxygen atoms in total. The molecule has 0 aromatic heterocycles. The monoisotopic (exact) mass is 363 g/mol. The summed E-state index contributed by atoms with van der Waals surface area (Å²) >= 11 is 0. The molecule has 0 saturated carbocycles. The quantitative estimate of drug-likeness (QED) is 0.911. The Balaban J connectivity index is 1.41. The van der Waals surface area contributed by atoms with Gasteiger partial charge >= 0.3 is 0 Å². The second-order valence-electron chi connectivity index (χ2n) is 7.01. The molecule has 0 unspecified atom stereocenters. The molecule has 0 bridgehead atoms. The number of nitrogens with one attached hydrogen (secondary N) is 1. The van der Waals surface area contributed by atoms with Gasteiger partial charge in [-0.05, 0) is 37.1 Å². The lowest BCUT2D eigenvalue weighted by Crippen LogP contribution is -2.50. The van der Waals surface area contributed by atoms with E-state index in [4.69, 9.17) is 4.84 Å². The van der Waals surface area contributed by atoms with Gasteiger partial charge in [-0.2, -0.15) is 0 Å². The molecule has 0 radical (unpaired) electrons. The summed E-state index contributed by atoms with van der Waals surface area (Å²) in [5.74, 6) is -0.273. The van der Waals surface area contributed by atoms with E-state index in [1.165, 1.54) is 0 Å². The lowest BCUT2D eigenvalue weighted by molar-refractivity contribution is -0.110. The zero-order valence-electron chi connectivity index (χ0n) is 14.9. The Labute approximate surface area is 157 Å². The van der Waals surface area contributed by atoms with Crippen molar-refractivity contribution in [1.82, 2.24) is 4.90 Å². The maximum absolute atomic E-state index is 12.8. The fraction of sp³-hybridized carbons (Fsp3) is 0.286. The van der Waals surface area contributed by atoms with Crippen LogP contribution in [-0.4, -0.2) is 41.1 Å². The van der Waals surface area contributed by atoms with Crippen molar-refractivity contribution in [2.75, 3.05) is 18.4 Å². The van der Waals surface area contributed by atoms with Crippen LogP contribution >= 0.6 is 0 Å². The molecule has 1 fully saturated rings. The number of amides is 2. The summed E-state index contributed by atoms with van der Waals surface area (Å²) in [4.78, 5) is 32.7. The predicted octanol–water partition coefficient (Wildman–Crippen LogP) is 3.08. The van der Waals surface area contributed by atoms with Crippen LogP contribution in [0.1, 0.15) is 29.6 Å². The minimum absolute atomic E-state index is 0.0135. The van der Waals surface area contributed by atoms with E-state index in [-0.39, 0.29) is 11.8 Å². The molecule has 0 aliphatic carbocycles. The fourth-order valence-electron chi connectivity index (χ4n) is 3.62. The lowest BCUT2D eigenvalue weighted by atomic mass is 9.87. The number of piperidine rings is 1. The van der Waals surface area contributed by atoms with Crippen molar-refractivity contribution in [1.29, 1.82) is 0 Å². The highest BCUT2D eigenvalue weighted by Gasteiger charge is 2.45. The van der Waals surface area contributed by atoms with Crippen LogP contribution in [0.5, 0.6) is 0 Å². The molecule has 1 atom stereocenters. The third kappa shape index (κ3) is 3.69. The highest BCUT2D eigenvalue weighted by Crippen LogP contribution is 2.34. The zero-order chi connectivity index (χ0) is 18.7. The molecule has 2 aromatic carbocycles. The van der Waals surface area contributed by atoms with Gasteiger partial charge < -0.3 is 15.1 Å². The maximum atomic E-state index is 12.8. The molecule has 1 N–H and O–H groups in total. The van der Waals surface area contributed by atoms with Crippen molar-refractivity contribution in [2.45, 2.75) is 24.9 Å². The average molecular weight is 363 g/mol. The van der Waals surface area contributed by atoms with Crippen LogP contribution in [0.4, 0.5) is 5.69 Å². The summed E-state index contributed by atoms with van der Waals surface area (Å²) in [6, 6.07) is 18.5. The maximum Gasteiger partial charge on any atom is 0.273 e. The number of rotatable bonds is 3. The molecule has 1 saturated heterocycles. The van der Waals surface area contributed by atoms with E-state index in [2.05, 4.69) is 10.5 Å². The molecule has 2 heterocycles. The van der Waals surface area contributed by atoms with E-state index in [0.29, 0.717) is 30.8 Å². The highest BCUT2D eigenvalue weighted by atomic mass is 16.7. The van der Waals surface area contributed by atoms with Gasteiger partial charge in [0.25, 0.3) is 11.8 Å². The first-order chi connectivity index (χ1) is 13.2. The molecule has 2 aliphatic rings. The fourth-order valence-corrected chi connectivity index (χ4v) is 3.62. The largest absolute Gasteiger partial charge is 0.386 e. The number of likely N-dealkylation sites (tertiary alicyclic amines) is 1. The van der Waals surface area contributed by atoms with E-state index in [9.17, 15) is 9.59 Å². The highest BCUT2D eigenvalue weighted by molar-refractivity contribution is 6.43. The first kappa shape index (κ1) is 17.3. The third-order valence-electron chi connectivity index (χ3n) is 4.98. The number of hydrogen-bond acceptors (Lipinski definition) is 4. The van der Waals surface area contributed by atoms with Crippen LogP contribution in [0, 0.1) is 0 Å². The second-order valence-corrected chi connectivity index (χ2v) is 7.01. The first-order valence-corrected chi connectivity index (χ1v) is 9.11. The SMILES string of the molecule is O=C(Nc1ccccc1)C1=NO[C@@]2(CCCN(C(=O)c3ccccc3)C2)C1. The number of hydrogen-bond donors (Lipinski definition) is 1. The second kappa shape index (κ2) is 7.23. The number of nitrogens with zero attached hydrogens (tertiary/aromatic N) is 2. The van der Waals surface area contributed by atoms with E-state index in [1.54, 1.807) is 4.90 Å². The summed E-state index contributed by atoms with van der Waals surface area (Å²) in [5.41, 5.74) is 1.14. The van der Waals surface area contributed by atoms with Gasteiger partial charge in [-0.3, -0.25) is 9.59 Å². The van der Waals surface area contributed by atoms with Crippen molar-refractivity contribution < 1.29 is 14.4 Å². The van der Waals surface area contributed by atoms with Crippen LogP contribution < -0.4 is 5.32 Å². The number of oxime groups is 1. The minimum Gasteiger partial charge on any atom is -0.386 e. The van der Waals surface area contributed by atoms with E-state index in [1.807, 2.05) is 60.7 Å². The van der Waals surface area contributed by atoms with Crippen molar-refractivity contribution in [3.63, 3.8) is 0 Å². The third-order valence-corrected chi connectivity index (χ3v) is 4.98. The average Bonchev–Trinajstić information content (AvgIpc) is 3.12. The molecule has 6 heteroatoms. The number of anilines is 1. The Hall–Kier alpha value is -3.15. The number of benzene rings is 2. The minimum atomic E-state index is -0.605.